The number of fused-ring (bicyclic) bond motifs is 1. The summed E-state index contributed by atoms with van der Waals surface area (Å²) in [6, 6.07) is 15.5. The largest absolute Gasteiger partial charge is 0.366 e. The van der Waals surface area contributed by atoms with Crippen LogP contribution >= 0.6 is 24.0 Å². The minimum Gasteiger partial charge on any atom is -0.366 e. The predicted octanol–water partition coefficient (Wildman–Crippen LogP) is 4.13. The topological polar surface area (TPSA) is 66.7 Å². The standard InChI is InChI=1S/C24H22N4O2S2/c1-2-13-25-21-18(22(29)27-14-7-6-12-20(27)26-21)16-19-23(30)28(24(31)32-19)15-8-11-17-9-4-3-5-10-17/h2-7,9-10,12,14,16,25H,1,8,11,13,15H2/b19-16-. The van der Waals surface area contributed by atoms with Crippen LogP contribution in [0.2, 0.25) is 0 Å². The van der Waals surface area contributed by atoms with Crippen LogP contribution in [-0.2, 0) is 11.2 Å². The molecular weight excluding hydrogens is 440 g/mol. The van der Waals surface area contributed by atoms with E-state index in [9.17, 15) is 9.59 Å². The van der Waals surface area contributed by atoms with Gasteiger partial charge in [-0.3, -0.25) is 18.9 Å². The molecule has 1 aliphatic rings. The summed E-state index contributed by atoms with van der Waals surface area (Å²) in [4.78, 5) is 32.8. The van der Waals surface area contributed by atoms with Crippen LogP contribution in [0.1, 0.15) is 17.5 Å². The molecule has 0 unspecified atom stereocenters. The van der Waals surface area contributed by atoms with Crippen molar-refractivity contribution in [1.82, 2.24) is 14.3 Å². The first-order valence-corrected chi connectivity index (χ1v) is 11.5. The Kier molecular flexibility index (Phi) is 6.82. The van der Waals surface area contributed by atoms with Gasteiger partial charge < -0.3 is 5.32 Å². The van der Waals surface area contributed by atoms with Gasteiger partial charge in [-0.2, -0.15) is 0 Å². The molecule has 8 heteroatoms. The first-order valence-electron chi connectivity index (χ1n) is 10.2. The zero-order valence-corrected chi connectivity index (χ0v) is 19.0. The minimum atomic E-state index is -0.253. The van der Waals surface area contributed by atoms with Gasteiger partial charge in [-0.05, 0) is 36.6 Å². The lowest BCUT2D eigenvalue weighted by atomic mass is 10.1. The third kappa shape index (κ3) is 4.66. The molecule has 0 aliphatic carbocycles. The number of nitrogens with one attached hydrogen (secondary N) is 1. The summed E-state index contributed by atoms with van der Waals surface area (Å²) < 4.78 is 1.97. The molecule has 3 heterocycles. The highest BCUT2D eigenvalue weighted by atomic mass is 32.2. The van der Waals surface area contributed by atoms with Crippen LogP contribution < -0.4 is 10.9 Å². The second kappa shape index (κ2) is 9.93. The molecular formula is C24H22N4O2S2. The Balaban J connectivity index is 1.59. The van der Waals surface area contributed by atoms with Gasteiger partial charge in [-0.1, -0.05) is 66.5 Å². The molecule has 4 rings (SSSR count). The summed E-state index contributed by atoms with van der Waals surface area (Å²) in [5, 5.41) is 3.11. The van der Waals surface area contributed by atoms with Crippen LogP contribution in [-0.4, -0.2) is 37.6 Å². The fourth-order valence-corrected chi connectivity index (χ4v) is 4.74. The van der Waals surface area contributed by atoms with Gasteiger partial charge >= 0.3 is 0 Å². The third-order valence-corrected chi connectivity index (χ3v) is 6.40. The van der Waals surface area contributed by atoms with Crippen LogP contribution in [0.4, 0.5) is 5.82 Å². The van der Waals surface area contributed by atoms with Crippen molar-refractivity contribution < 1.29 is 4.79 Å². The first kappa shape index (κ1) is 22.0. The molecule has 32 heavy (non-hydrogen) atoms. The Morgan fingerprint density at radius 1 is 1.12 bits per heavy atom. The summed E-state index contributed by atoms with van der Waals surface area (Å²) in [7, 11) is 0. The minimum absolute atomic E-state index is 0.180. The lowest BCUT2D eigenvalue weighted by Gasteiger charge is -2.14. The van der Waals surface area contributed by atoms with E-state index >= 15 is 0 Å². The number of thiocarbonyl (C=S) groups is 1. The van der Waals surface area contributed by atoms with Crippen LogP contribution in [0.15, 0.2) is 77.1 Å². The fourth-order valence-electron chi connectivity index (χ4n) is 3.45. The molecule has 162 valence electrons. The maximum Gasteiger partial charge on any atom is 0.267 e. The molecule has 0 saturated carbocycles. The summed E-state index contributed by atoms with van der Waals surface area (Å²) in [5.74, 6) is 0.232. The zero-order chi connectivity index (χ0) is 22.5. The van der Waals surface area contributed by atoms with Gasteiger partial charge in [0.05, 0.1) is 10.5 Å². The molecule has 6 nitrogen and oxygen atoms in total. The highest BCUT2D eigenvalue weighted by Crippen LogP contribution is 2.33. The van der Waals surface area contributed by atoms with E-state index in [2.05, 4.69) is 29.0 Å². The molecule has 0 spiro atoms. The van der Waals surface area contributed by atoms with Crippen molar-refractivity contribution in [2.75, 3.05) is 18.4 Å². The van der Waals surface area contributed by atoms with Crippen LogP contribution in [0.3, 0.4) is 0 Å². The summed E-state index contributed by atoms with van der Waals surface area (Å²) in [6.07, 6.45) is 6.60. The van der Waals surface area contributed by atoms with Crippen LogP contribution in [0.25, 0.3) is 11.7 Å². The van der Waals surface area contributed by atoms with Gasteiger partial charge in [0.15, 0.2) is 0 Å². The quantitative estimate of drug-likeness (QED) is 0.309. The molecule has 0 bridgehead atoms. The normalized spacial score (nSPS) is 15.0. The number of hydrogen-bond acceptors (Lipinski definition) is 6. The lowest BCUT2D eigenvalue weighted by molar-refractivity contribution is -0.122. The summed E-state index contributed by atoms with van der Waals surface area (Å²) in [5.41, 5.74) is 1.81. The van der Waals surface area contributed by atoms with E-state index in [0.29, 0.717) is 39.3 Å². The average molecular weight is 463 g/mol. The van der Waals surface area contributed by atoms with Crippen molar-refractivity contribution in [3.63, 3.8) is 0 Å². The van der Waals surface area contributed by atoms with Gasteiger partial charge in [-0.15, -0.1) is 6.58 Å². The number of anilines is 1. The Labute approximate surface area is 195 Å². The summed E-state index contributed by atoms with van der Waals surface area (Å²) in [6.45, 7) is 4.68. The Bertz CT molecular complexity index is 1270. The fraction of sp³-hybridized carbons (Fsp3) is 0.167. The zero-order valence-electron chi connectivity index (χ0n) is 17.4. The van der Waals surface area contributed by atoms with Gasteiger partial charge in [0, 0.05) is 19.3 Å². The lowest BCUT2D eigenvalue weighted by Crippen LogP contribution is -2.29. The Morgan fingerprint density at radius 2 is 1.91 bits per heavy atom. The van der Waals surface area contributed by atoms with Crippen molar-refractivity contribution in [2.24, 2.45) is 0 Å². The maximum atomic E-state index is 13.1. The maximum absolute atomic E-state index is 13.1. The first-order chi connectivity index (χ1) is 15.6. The van der Waals surface area contributed by atoms with E-state index in [-0.39, 0.29) is 11.5 Å². The number of nitrogens with zero attached hydrogens (tertiary/aromatic N) is 3. The van der Waals surface area contributed by atoms with Crippen molar-refractivity contribution in [1.29, 1.82) is 0 Å². The number of carbonyl (C=O) groups is 1. The molecule has 3 aromatic rings. The van der Waals surface area contributed by atoms with Gasteiger partial charge in [0.25, 0.3) is 11.5 Å². The molecule has 1 fully saturated rings. The van der Waals surface area contributed by atoms with Gasteiger partial charge in [0.2, 0.25) is 0 Å². The van der Waals surface area contributed by atoms with E-state index in [1.165, 1.54) is 21.7 Å². The highest BCUT2D eigenvalue weighted by molar-refractivity contribution is 8.26. The smallest absolute Gasteiger partial charge is 0.267 e. The molecule has 0 atom stereocenters. The molecule has 1 saturated heterocycles. The van der Waals surface area contributed by atoms with E-state index in [1.54, 1.807) is 35.4 Å². The molecule has 1 aliphatic heterocycles. The number of aromatic nitrogens is 2. The van der Waals surface area contributed by atoms with Crippen molar-refractivity contribution in [2.45, 2.75) is 12.8 Å². The van der Waals surface area contributed by atoms with Gasteiger partial charge in [-0.25, -0.2) is 4.98 Å². The SMILES string of the molecule is C=CCNc1nc2ccccn2c(=O)c1/C=C1\SC(=S)N(CCCc2ccccc2)C1=O. The number of carbonyl (C=O) groups excluding carboxylic acids is 1. The number of aryl methyl sites for hydroxylation is 1. The molecule has 1 amide bonds. The van der Waals surface area contributed by atoms with Crippen LogP contribution in [0.5, 0.6) is 0 Å². The number of thioether (sulfide) groups is 1. The number of benzene rings is 1. The van der Waals surface area contributed by atoms with Crippen molar-refractivity contribution in [3.8, 4) is 0 Å². The summed E-state index contributed by atoms with van der Waals surface area (Å²) >= 11 is 6.67. The Hall–Kier alpha value is -3.23. The predicted molar refractivity (Wildman–Crippen MR) is 135 cm³/mol. The monoisotopic (exact) mass is 462 g/mol. The van der Waals surface area contributed by atoms with Gasteiger partial charge in [0.1, 0.15) is 15.8 Å². The second-order valence-corrected chi connectivity index (χ2v) is 8.88. The third-order valence-electron chi connectivity index (χ3n) is 5.02. The van der Waals surface area contributed by atoms with E-state index < -0.39 is 0 Å². The Morgan fingerprint density at radius 3 is 2.69 bits per heavy atom. The van der Waals surface area contributed by atoms with Crippen LogP contribution in [0, 0.1) is 0 Å². The van der Waals surface area contributed by atoms with E-state index in [1.807, 2.05) is 24.3 Å². The number of amides is 1. The highest BCUT2D eigenvalue weighted by Gasteiger charge is 2.32. The van der Waals surface area contributed by atoms with E-state index in [4.69, 9.17) is 12.2 Å². The average Bonchev–Trinajstić information content (AvgIpc) is 3.08. The molecule has 1 N–H and O–H groups in total. The van der Waals surface area contributed by atoms with Crippen molar-refractivity contribution in [3.05, 3.63) is 93.8 Å². The molecule has 2 aromatic heterocycles. The molecule has 0 radical (unpaired) electrons. The number of pyridine rings is 1. The van der Waals surface area contributed by atoms with Crippen molar-refractivity contribution >= 4 is 51.7 Å². The van der Waals surface area contributed by atoms with E-state index in [0.717, 1.165) is 12.8 Å². The number of rotatable bonds is 8. The second-order valence-electron chi connectivity index (χ2n) is 7.20. The molecule has 1 aromatic carbocycles. The number of hydrogen-bond donors (Lipinski definition) is 1.